The van der Waals surface area contributed by atoms with Crippen molar-refractivity contribution in [3.05, 3.63) is 34.6 Å². The van der Waals surface area contributed by atoms with Crippen LogP contribution < -0.4 is 16.0 Å². The zero-order valence-electron chi connectivity index (χ0n) is 25.4. The van der Waals surface area contributed by atoms with Crippen LogP contribution in [0.15, 0.2) is 18.2 Å². The topological polar surface area (TPSA) is 82.7 Å². The van der Waals surface area contributed by atoms with Crippen molar-refractivity contribution in [1.29, 1.82) is 0 Å². The first kappa shape index (κ1) is 33.6. The molecule has 232 valence electrons. The van der Waals surface area contributed by atoms with Gasteiger partial charge in [-0.05, 0) is 64.0 Å². The second-order valence-electron chi connectivity index (χ2n) is 12.0. The Kier molecular flexibility index (Phi) is 14.2. The van der Waals surface area contributed by atoms with Crippen LogP contribution in [-0.2, 0) is 15.1 Å². The number of piperidine rings is 1. The van der Waals surface area contributed by atoms with Gasteiger partial charge >= 0.3 is 6.03 Å². The summed E-state index contributed by atoms with van der Waals surface area (Å²) >= 11 is 6.30. The molecule has 41 heavy (non-hydrogen) atoms. The van der Waals surface area contributed by atoms with Crippen LogP contribution in [0.5, 0.6) is 0 Å². The molecular weight excluding hydrogens is 543 g/mol. The third kappa shape index (κ3) is 9.55. The van der Waals surface area contributed by atoms with Gasteiger partial charge in [0.1, 0.15) is 5.82 Å². The van der Waals surface area contributed by atoms with Gasteiger partial charge in [-0.15, -0.1) is 0 Å². The molecule has 0 bridgehead atoms. The second kappa shape index (κ2) is 17.3. The van der Waals surface area contributed by atoms with Gasteiger partial charge in [-0.3, -0.25) is 4.79 Å². The first-order valence-electron chi connectivity index (χ1n) is 15.8. The number of likely N-dealkylation sites (tertiary alicyclic amines) is 1. The van der Waals surface area contributed by atoms with Crippen LogP contribution in [0.3, 0.4) is 0 Å². The Bertz CT molecular complexity index is 961. The highest BCUT2D eigenvalue weighted by atomic mass is 35.5. The molecule has 0 unspecified atom stereocenters. The summed E-state index contributed by atoms with van der Waals surface area (Å²) in [6.07, 6.45) is 12.0. The molecule has 1 aliphatic heterocycles. The number of rotatable bonds is 15. The van der Waals surface area contributed by atoms with Gasteiger partial charge in [0, 0.05) is 57.3 Å². The molecule has 1 saturated heterocycles. The lowest BCUT2D eigenvalue weighted by atomic mass is 9.70. The fourth-order valence-electron chi connectivity index (χ4n) is 6.92. The van der Waals surface area contributed by atoms with E-state index in [4.69, 9.17) is 16.3 Å². The maximum Gasteiger partial charge on any atom is 0.317 e. The predicted octanol–water partition coefficient (Wildman–Crippen LogP) is 6.39. The molecule has 7 nitrogen and oxygen atoms in total. The van der Waals surface area contributed by atoms with Gasteiger partial charge in [-0.2, -0.15) is 0 Å². The molecule has 0 radical (unpaired) electrons. The summed E-state index contributed by atoms with van der Waals surface area (Å²) in [5, 5.41) is 9.90. The first-order valence-corrected chi connectivity index (χ1v) is 16.2. The number of methoxy groups -OCH3 is 1. The summed E-state index contributed by atoms with van der Waals surface area (Å²) in [4.78, 5) is 28.7. The Morgan fingerprint density at radius 1 is 1.17 bits per heavy atom. The van der Waals surface area contributed by atoms with Crippen molar-refractivity contribution in [3.8, 4) is 0 Å². The number of halogens is 2. The Morgan fingerprint density at radius 2 is 1.95 bits per heavy atom. The highest BCUT2D eigenvalue weighted by molar-refractivity contribution is 6.30. The van der Waals surface area contributed by atoms with E-state index in [1.165, 1.54) is 32.1 Å². The molecule has 1 heterocycles. The summed E-state index contributed by atoms with van der Waals surface area (Å²) < 4.78 is 21.1. The number of likely N-dealkylation sites (N-methyl/N-ethyl adjacent to an activating group) is 1. The van der Waals surface area contributed by atoms with E-state index in [-0.39, 0.29) is 28.9 Å². The molecule has 1 aliphatic carbocycles. The summed E-state index contributed by atoms with van der Waals surface area (Å²) in [6, 6.07) is 5.02. The van der Waals surface area contributed by atoms with Crippen molar-refractivity contribution in [2.45, 2.75) is 102 Å². The average Bonchev–Trinajstić information content (AvgIpc) is 2.97. The number of benzene rings is 1. The molecule has 1 aromatic rings. The minimum Gasteiger partial charge on any atom is -0.385 e. The minimum atomic E-state index is -0.986. The molecule has 1 aromatic carbocycles. The number of hydrogen-bond acceptors (Lipinski definition) is 4. The van der Waals surface area contributed by atoms with Gasteiger partial charge in [0.2, 0.25) is 5.91 Å². The predicted molar refractivity (Wildman–Crippen MR) is 164 cm³/mol. The normalized spacial score (nSPS) is 20.3. The molecule has 3 atom stereocenters. The fraction of sp³-hybridized carbons (Fsp3) is 0.750. The van der Waals surface area contributed by atoms with Crippen LogP contribution in [0.2, 0.25) is 5.02 Å². The first-order chi connectivity index (χ1) is 19.8. The maximum atomic E-state index is 15.8. The molecule has 0 aromatic heterocycles. The van der Waals surface area contributed by atoms with Crippen molar-refractivity contribution < 1.29 is 18.7 Å². The number of amides is 3. The van der Waals surface area contributed by atoms with Crippen LogP contribution in [0, 0.1) is 17.7 Å². The van der Waals surface area contributed by atoms with Crippen LogP contribution in [-0.4, -0.2) is 63.3 Å². The molecule has 3 N–H and O–H groups in total. The molecule has 2 aliphatic rings. The molecule has 3 rings (SSSR count). The highest BCUT2D eigenvalue weighted by Crippen LogP contribution is 2.42. The Labute approximate surface area is 251 Å². The smallest absolute Gasteiger partial charge is 0.317 e. The summed E-state index contributed by atoms with van der Waals surface area (Å²) in [6.45, 7) is 4.35. The molecule has 3 amide bonds. The third-order valence-corrected chi connectivity index (χ3v) is 9.26. The lowest BCUT2D eigenvalue weighted by molar-refractivity contribution is -0.124. The monoisotopic (exact) mass is 594 g/mol. The van der Waals surface area contributed by atoms with Gasteiger partial charge in [-0.25, -0.2) is 9.18 Å². The Balaban J connectivity index is 1.87. The van der Waals surface area contributed by atoms with E-state index in [1.54, 1.807) is 25.3 Å². The van der Waals surface area contributed by atoms with Gasteiger partial charge in [-0.1, -0.05) is 62.8 Å². The molecule has 2 fully saturated rings. The van der Waals surface area contributed by atoms with Crippen LogP contribution in [0.25, 0.3) is 0 Å². The molecule has 1 saturated carbocycles. The number of hydrogen-bond donors (Lipinski definition) is 3. The Morgan fingerprint density at radius 3 is 2.66 bits per heavy atom. The quantitative estimate of drug-likeness (QED) is 0.206. The summed E-state index contributed by atoms with van der Waals surface area (Å²) in [5.74, 6) is -0.127. The number of ether oxygens (including phenoxy) is 1. The molecule has 9 heteroatoms. The highest BCUT2D eigenvalue weighted by Gasteiger charge is 2.45. The standard InChI is InChI=1S/C32H52ClFN4O3/c1-4-12-29(39)37-32(18-8-9-20-41-3,27-16-10-17-28(33)30(27)34)25-15-11-19-38(23-25)31(40)36-26(22-35-2)21-24-13-6-5-7-14-24/h10,16-17,24-26,35H,4-9,11-15,18-23H2,1-3H3,(H,36,40)(H,37,39)/t25-,26+,32+/m1/s1. The van der Waals surface area contributed by atoms with E-state index in [0.717, 1.165) is 38.6 Å². The fourth-order valence-corrected chi connectivity index (χ4v) is 7.10. The van der Waals surface area contributed by atoms with Crippen molar-refractivity contribution in [1.82, 2.24) is 20.9 Å². The maximum absolute atomic E-state index is 15.8. The number of carbonyl (C=O) groups is 2. The van der Waals surface area contributed by atoms with Crippen molar-refractivity contribution in [3.63, 3.8) is 0 Å². The zero-order chi connectivity index (χ0) is 29.7. The SMILES string of the molecule is CCCC(=O)N[C@](CCCCOC)(c1cccc(Cl)c1F)[C@@H]1CCCN(C(=O)N[C@H](CNC)CC2CCCCC2)C1. The van der Waals surface area contributed by atoms with Crippen molar-refractivity contribution >= 4 is 23.5 Å². The number of carbonyl (C=O) groups excluding carboxylic acids is 2. The van der Waals surface area contributed by atoms with Gasteiger partial charge in [0.05, 0.1) is 10.6 Å². The van der Waals surface area contributed by atoms with Gasteiger partial charge in [0.25, 0.3) is 0 Å². The summed E-state index contributed by atoms with van der Waals surface area (Å²) in [5.41, 5.74) is -0.579. The van der Waals surface area contributed by atoms with Crippen molar-refractivity contribution in [2.24, 2.45) is 11.8 Å². The summed E-state index contributed by atoms with van der Waals surface area (Å²) in [7, 11) is 3.59. The van der Waals surface area contributed by atoms with E-state index in [2.05, 4.69) is 16.0 Å². The van der Waals surface area contributed by atoms with E-state index in [9.17, 15) is 9.59 Å². The van der Waals surface area contributed by atoms with E-state index < -0.39 is 11.4 Å². The minimum absolute atomic E-state index is 0.0385. The zero-order valence-corrected chi connectivity index (χ0v) is 26.2. The largest absolute Gasteiger partial charge is 0.385 e. The average molecular weight is 595 g/mol. The van der Waals surface area contributed by atoms with Gasteiger partial charge < -0.3 is 25.6 Å². The van der Waals surface area contributed by atoms with Crippen LogP contribution in [0.4, 0.5) is 9.18 Å². The third-order valence-electron chi connectivity index (χ3n) is 8.97. The lowest BCUT2D eigenvalue weighted by Gasteiger charge is -2.47. The second-order valence-corrected chi connectivity index (χ2v) is 12.5. The van der Waals surface area contributed by atoms with Crippen molar-refractivity contribution in [2.75, 3.05) is 40.4 Å². The number of nitrogens with zero attached hydrogens (tertiary/aromatic N) is 1. The molecule has 0 spiro atoms. The lowest BCUT2D eigenvalue weighted by Crippen LogP contribution is -2.58. The number of nitrogens with one attached hydrogen (secondary N) is 3. The van der Waals surface area contributed by atoms with E-state index in [0.29, 0.717) is 50.4 Å². The van der Waals surface area contributed by atoms with Crippen LogP contribution in [0.1, 0.15) is 96.0 Å². The van der Waals surface area contributed by atoms with Gasteiger partial charge in [0.15, 0.2) is 0 Å². The number of unbranched alkanes of at least 4 members (excludes halogenated alkanes) is 1. The molecular formula is C32H52ClFN4O3. The Hall–Kier alpha value is -1.90. The number of urea groups is 1. The van der Waals surface area contributed by atoms with Crippen LogP contribution >= 0.6 is 11.6 Å². The van der Waals surface area contributed by atoms with E-state index >= 15 is 4.39 Å². The van der Waals surface area contributed by atoms with E-state index in [1.807, 2.05) is 18.9 Å².